The van der Waals surface area contributed by atoms with Crippen LogP contribution in [-0.4, -0.2) is 45.8 Å². The van der Waals surface area contributed by atoms with Crippen molar-refractivity contribution in [1.29, 1.82) is 0 Å². The highest BCUT2D eigenvalue weighted by Crippen LogP contribution is 2.15. The summed E-state index contributed by atoms with van der Waals surface area (Å²) in [5.74, 6) is 0.918. The average Bonchev–Trinajstić information content (AvgIpc) is 3.14. The third-order valence-corrected chi connectivity index (χ3v) is 4.93. The fourth-order valence-corrected chi connectivity index (χ4v) is 3.07. The minimum atomic E-state index is -0.850. The molecule has 6 nitrogen and oxygen atoms in total. The van der Waals surface area contributed by atoms with Crippen molar-refractivity contribution < 1.29 is 8.78 Å². The lowest BCUT2D eigenvalue weighted by Gasteiger charge is -2.19. The highest BCUT2D eigenvalue weighted by Gasteiger charge is 2.11. The predicted molar refractivity (Wildman–Crippen MR) is 111 cm³/mol. The van der Waals surface area contributed by atoms with E-state index in [0.29, 0.717) is 31.2 Å². The van der Waals surface area contributed by atoms with Gasteiger partial charge in [-0.25, -0.2) is 8.78 Å². The summed E-state index contributed by atoms with van der Waals surface area (Å²) in [5, 5.41) is 14.6. The number of aromatic nitrogens is 3. The zero-order chi connectivity index (χ0) is 20.4. The lowest BCUT2D eigenvalue weighted by atomic mass is 10.1. The van der Waals surface area contributed by atoms with E-state index in [1.54, 1.807) is 24.2 Å². The van der Waals surface area contributed by atoms with E-state index in [1.165, 1.54) is 6.07 Å². The third kappa shape index (κ3) is 6.78. The summed E-state index contributed by atoms with van der Waals surface area (Å²) in [6.07, 6.45) is 5.57. The fourth-order valence-electron chi connectivity index (χ4n) is 2.66. The summed E-state index contributed by atoms with van der Waals surface area (Å²) in [6, 6.07) is 3.71. The Hall–Kier alpha value is -2.16. The summed E-state index contributed by atoms with van der Waals surface area (Å²) in [6.45, 7) is 5.97. The number of nitrogens with one attached hydrogen (secondary N) is 2. The van der Waals surface area contributed by atoms with Gasteiger partial charge >= 0.3 is 0 Å². The van der Waals surface area contributed by atoms with Crippen molar-refractivity contribution in [2.75, 3.05) is 25.1 Å². The first kappa shape index (κ1) is 22.1. The third-order valence-electron chi connectivity index (χ3n) is 4.23. The molecule has 0 radical (unpaired) electrons. The van der Waals surface area contributed by atoms with Gasteiger partial charge in [-0.2, -0.15) is 11.8 Å². The smallest absolute Gasteiger partial charge is 0.191 e. The maximum absolute atomic E-state index is 13.5. The van der Waals surface area contributed by atoms with Crippen molar-refractivity contribution in [2.45, 2.75) is 39.3 Å². The molecule has 9 heteroatoms. The number of rotatable bonds is 10. The number of aryl methyl sites for hydroxylation is 1. The number of hydrogen-bond donors (Lipinski definition) is 2. The van der Waals surface area contributed by atoms with Gasteiger partial charge in [0.2, 0.25) is 0 Å². The van der Waals surface area contributed by atoms with Gasteiger partial charge in [-0.15, -0.1) is 10.2 Å². The molecule has 2 N–H and O–H groups in total. The molecule has 0 saturated heterocycles. The van der Waals surface area contributed by atoms with Gasteiger partial charge in [-0.3, -0.25) is 4.99 Å². The zero-order valence-corrected chi connectivity index (χ0v) is 17.4. The molecule has 2 rings (SSSR count). The molecular weight excluding hydrogens is 382 g/mol. The van der Waals surface area contributed by atoms with Crippen molar-refractivity contribution in [3.05, 3.63) is 47.5 Å². The van der Waals surface area contributed by atoms with E-state index in [1.807, 2.05) is 18.4 Å². The average molecular weight is 411 g/mol. The molecule has 28 heavy (non-hydrogen) atoms. The largest absolute Gasteiger partial charge is 0.355 e. The number of benzene rings is 1. The molecule has 2 aromatic rings. The van der Waals surface area contributed by atoms with E-state index in [-0.39, 0.29) is 6.04 Å². The first-order valence-electron chi connectivity index (χ1n) is 9.40. The van der Waals surface area contributed by atoms with Crippen LogP contribution in [0.15, 0.2) is 29.5 Å². The van der Waals surface area contributed by atoms with Gasteiger partial charge in [0.05, 0.1) is 6.04 Å². The molecular formula is C19H28F2N6S. The molecule has 1 aromatic carbocycles. The topological polar surface area (TPSA) is 67.1 Å². The lowest BCUT2D eigenvalue weighted by molar-refractivity contribution is 0.504. The quantitative estimate of drug-likeness (QED) is 0.358. The Morgan fingerprint density at radius 3 is 2.86 bits per heavy atom. The van der Waals surface area contributed by atoms with Crippen molar-refractivity contribution in [3.63, 3.8) is 0 Å². The maximum atomic E-state index is 13.5. The Labute approximate surface area is 169 Å². The summed E-state index contributed by atoms with van der Waals surface area (Å²) in [4.78, 5) is 4.60. The number of thioether (sulfide) groups is 1. The van der Waals surface area contributed by atoms with Gasteiger partial charge in [0, 0.05) is 26.1 Å². The van der Waals surface area contributed by atoms with E-state index in [0.717, 1.165) is 30.5 Å². The van der Waals surface area contributed by atoms with Crippen LogP contribution in [0.5, 0.6) is 0 Å². The van der Waals surface area contributed by atoms with Crippen LogP contribution in [0.25, 0.3) is 0 Å². The standard InChI is InChI=1S/C19H28F2N6S/c1-4-18-26-24-13-27(18)10-9-23-19(22-8-5-11-28-3)25-14(2)15-6-7-16(20)17(21)12-15/h6-7,12-14H,4-5,8-11H2,1-3H3,(H2,22,23,25). The van der Waals surface area contributed by atoms with Crippen molar-refractivity contribution in [3.8, 4) is 0 Å². The van der Waals surface area contributed by atoms with Crippen LogP contribution < -0.4 is 10.6 Å². The second kappa shape index (κ2) is 11.6. The van der Waals surface area contributed by atoms with Gasteiger partial charge in [0.15, 0.2) is 17.6 Å². The van der Waals surface area contributed by atoms with Crippen LogP contribution in [-0.2, 0) is 13.0 Å². The van der Waals surface area contributed by atoms with Crippen LogP contribution in [0.4, 0.5) is 8.78 Å². The molecule has 1 heterocycles. The molecule has 0 saturated carbocycles. The molecule has 0 fully saturated rings. The normalized spacial score (nSPS) is 12.8. The number of guanidine groups is 1. The molecule has 0 spiro atoms. The summed E-state index contributed by atoms with van der Waals surface area (Å²) < 4.78 is 28.7. The second-order valence-corrected chi connectivity index (χ2v) is 7.32. The molecule has 1 aromatic heterocycles. The minimum Gasteiger partial charge on any atom is -0.355 e. The Morgan fingerprint density at radius 1 is 1.32 bits per heavy atom. The lowest BCUT2D eigenvalue weighted by Crippen LogP contribution is -2.40. The van der Waals surface area contributed by atoms with Gasteiger partial charge in [0.1, 0.15) is 12.2 Å². The van der Waals surface area contributed by atoms with Crippen LogP contribution in [0.2, 0.25) is 0 Å². The van der Waals surface area contributed by atoms with E-state index in [9.17, 15) is 8.78 Å². The minimum absolute atomic E-state index is 0.219. The predicted octanol–water partition coefficient (Wildman–Crippen LogP) is 3.17. The molecule has 0 aliphatic carbocycles. The van der Waals surface area contributed by atoms with E-state index < -0.39 is 11.6 Å². The van der Waals surface area contributed by atoms with E-state index in [2.05, 4.69) is 32.1 Å². The van der Waals surface area contributed by atoms with Crippen molar-refractivity contribution in [1.82, 2.24) is 25.4 Å². The summed E-state index contributed by atoms with van der Waals surface area (Å²) in [7, 11) is 0. The van der Waals surface area contributed by atoms with Crippen LogP contribution in [0.1, 0.15) is 37.7 Å². The van der Waals surface area contributed by atoms with E-state index in [4.69, 9.17) is 0 Å². The molecule has 1 unspecified atom stereocenters. The van der Waals surface area contributed by atoms with Gasteiger partial charge in [0.25, 0.3) is 0 Å². The molecule has 0 aliphatic heterocycles. The zero-order valence-electron chi connectivity index (χ0n) is 16.6. The SMILES string of the molecule is CCc1nncn1CCNC(=NCCCSC)NC(C)c1ccc(F)c(F)c1. The maximum Gasteiger partial charge on any atom is 0.191 e. The van der Waals surface area contributed by atoms with Crippen LogP contribution in [0, 0.1) is 11.6 Å². The second-order valence-electron chi connectivity index (χ2n) is 6.34. The molecule has 0 aliphatic rings. The molecule has 1 atom stereocenters. The summed E-state index contributed by atoms with van der Waals surface area (Å²) >= 11 is 1.78. The van der Waals surface area contributed by atoms with Crippen LogP contribution in [0.3, 0.4) is 0 Å². The van der Waals surface area contributed by atoms with Crippen molar-refractivity contribution in [2.24, 2.45) is 4.99 Å². The van der Waals surface area contributed by atoms with E-state index >= 15 is 0 Å². The first-order valence-corrected chi connectivity index (χ1v) is 10.8. The number of nitrogens with zero attached hydrogens (tertiary/aromatic N) is 4. The highest BCUT2D eigenvalue weighted by molar-refractivity contribution is 7.98. The van der Waals surface area contributed by atoms with Gasteiger partial charge < -0.3 is 15.2 Å². The highest BCUT2D eigenvalue weighted by atomic mass is 32.2. The molecule has 0 amide bonds. The van der Waals surface area contributed by atoms with Gasteiger partial charge in [-0.1, -0.05) is 13.0 Å². The Bertz CT molecular complexity index is 765. The van der Waals surface area contributed by atoms with Crippen LogP contribution >= 0.6 is 11.8 Å². The Kier molecular flexibility index (Phi) is 9.19. The van der Waals surface area contributed by atoms with Gasteiger partial charge in [-0.05, 0) is 43.0 Å². The number of halogens is 2. The number of aliphatic imine (C=N–C) groups is 1. The Morgan fingerprint density at radius 2 is 2.14 bits per heavy atom. The molecule has 154 valence electrons. The first-order chi connectivity index (χ1) is 13.5. The Balaban J connectivity index is 1.98. The number of hydrogen-bond acceptors (Lipinski definition) is 4. The van der Waals surface area contributed by atoms with Crippen molar-refractivity contribution >= 4 is 17.7 Å². The fraction of sp³-hybridized carbons (Fsp3) is 0.526. The monoisotopic (exact) mass is 410 g/mol. The summed E-state index contributed by atoms with van der Waals surface area (Å²) in [5.41, 5.74) is 0.657. The molecule has 0 bridgehead atoms.